The van der Waals surface area contributed by atoms with Gasteiger partial charge in [-0.25, -0.2) is 9.97 Å². The van der Waals surface area contributed by atoms with Gasteiger partial charge in [-0.05, 0) is 25.3 Å². The molecule has 0 atom stereocenters. The number of hydrogen-bond acceptors (Lipinski definition) is 6. The molecule has 0 fully saturated rings. The lowest BCUT2D eigenvalue weighted by Gasteiger charge is -2.02. The Morgan fingerprint density at radius 3 is 2.48 bits per heavy atom. The Balaban J connectivity index is 1.48. The molecule has 4 nitrogen and oxygen atoms in total. The molecule has 1 aromatic carbocycles. The lowest BCUT2D eigenvalue weighted by atomic mass is 10.2. The Bertz CT molecular complexity index is 1070. The molecule has 0 unspecified atom stereocenters. The molecule has 4 rings (SSSR count). The van der Waals surface area contributed by atoms with Crippen molar-refractivity contribution < 1.29 is 4.79 Å². The van der Waals surface area contributed by atoms with Crippen molar-refractivity contribution in [3.8, 4) is 20.5 Å². The second kappa shape index (κ2) is 7.72. The van der Waals surface area contributed by atoms with Crippen LogP contribution in [0.4, 0.5) is 0 Å². The van der Waals surface area contributed by atoms with Gasteiger partial charge in [-0.15, -0.1) is 34.0 Å². The Hall–Kier alpha value is -2.35. The van der Waals surface area contributed by atoms with Crippen molar-refractivity contribution >= 4 is 39.9 Å². The smallest absolute Gasteiger partial charge is 0.263 e. The molecule has 0 radical (unpaired) electrons. The molecule has 136 valence electrons. The van der Waals surface area contributed by atoms with E-state index in [0.717, 1.165) is 36.7 Å². The van der Waals surface area contributed by atoms with Crippen LogP contribution in [0, 0.1) is 13.8 Å². The molecule has 3 aromatic heterocycles. The average molecular weight is 412 g/mol. The van der Waals surface area contributed by atoms with E-state index in [1.54, 1.807) is 22.7 Å². The van der Waals surface area contributed by atoms with E-state index >= 15 is 0 Å². The number of hydrogen-bond donors (Lipinski definition) is 1. The number of thiophene rings is 1. The lowest BCUT2D eigenvalue weighted by Crippen LogP contribution is -2.22. The van der Waals surface area contributed by atoms with E-state index in [-0.39, 0.29) is 5.91 Å². The fourth-order valence-corrected chi connectivity index (χ4v) is 5.44. The summed E-state index contributed by atoms with van der Waals surface area (Å²) in [6, 6.07) is 14.0. The van der Waals surface area contributed by atoms with Gasteiger partial charge in [0.2, 0.25) is 0 Å². The molecule has 0 bridgehead atoms. The number of benzene rings is 1. The molecule has 0 aliphatic heterocycles. The van der Waals surface area contributed by atoms with Crippen LogP contribution >= 0.6 is 34.0 Å². The van der Waals surface area contributed by atoms with E-state index in [0.29, 0.717) is 11.4 Å². The van der Waals surface area contributed by atoms with Crippen molar-refractivity contribution in [3.05, 3.63) is 69.0 Å². The predicted molar refractivity (Wildman–Crippen MR) is 114 cm³/mol. The lowest BCUT2D eigenvalue weighted by molar-refractivity contribution is 0.0954. The molecule has 3 heterocycles. The van der Waals surface area contributed by atoms with Crippen molar-refractivity contribution in [1.29, 1.82) is 0 Å². The van der Waals surface area contributed by atoms with E-state index in [9.17, 15) is 4.79 Å². The zero-order chi connectivity index (χ0) is 18.8. The number of carbonyl (C=O) groups is 1. The second-order valence-corrected chi connectivity index (χ2v) is 9.02. The van der Waals surface area contributed by atoms with Gasteiger partial charge in [0.05, 0.1) is 22.8 Å². The van der Waals surface area contributed by atoms with E-state index in [1.165, 1.54) is 11.3 Å². The first-order valence-electron chi connectivity index (χ1n) is 8.43. The Morgan fingerprint density at radius 2 is 1.74 bits per heavy atom. The van der Waals surface area contributed by atoms with Crippen molar-refractivity contribution in [3.63, 3.8) is 0 Å². The van der Waals surface area contributed by atoms with Gasteiger partial charge in [-0.2, -0.15) is 0 Å². The van der Waals surface area contributed by atoms with Crippen molar-refractivity contribution in [1.82, 2.24) is 15.3 Å². The first kappa shape index (κ1) is 18.0. The summed E-state index contributed by atoms with van der Waals surface area (Å²) in [6.45, 7) is 4.34. The van der Waals surface area contributed by atoms with Crippen molar-refractivity contribution in [2.75, 3.05) is 0 Å². The first-order chi connectivity index (χ1) is 13.1. The number of aromatic nitrogens is 2. The minimum atomic E-state index is -0.0855. The van der Waals surface area contributed by atoms with Crippen LogP contribution in [-0.4, -0.2) is 15.9 Å². The average Bonchev–Trinajstić information content (AvgIpc) is 3.40. The Labute approximate surface area is 169 Å². The monoisotopic (exact) mass is 411 g/mol. The maximum Gasteiger partial charge on any atom is 0.263 e. The summed E-state index contributed by atoms with van der Waals surface area (Å²) in [5.41, 5.74) is 2.76. The number of nitrogens with one attached hydrogen (secondary N) is 1. The number of rotatable bonds is 5. The van der Waals surface area contributed by atoms with Crippen LogP contribution in [0.5, 0.6) is 0 Å². The maximum absolute atomic E-state index is 12.7. The molecule has 0 saturated heterocycles. The van der Waals surface area contributed by atoms with Gasteiger partial charge in [-0.3, -0.25) is 4.79 Å². The number of nitrogens with zero attached hydrogens (tertiary/aromatic N) is 2. The zero-order valence-corrected chi connectivity index (χ0v) is 17.3. The number of amides is 1. The molecule has 1 amide bonds. The third-order valence-corrected chi connectivity index (χ3v) is 7.46. The van der Waals surface area contributed by atoms with Crippen LogP contribution in [0.2, 0.25) is 0 Å². The summed E-state index contributed by atoms with van der Waals surface area (Å²) in [7, 11) is 0. The largest absolute Gasteiger partial charge is 0.346 e. The molecule has 0 aliphatic carbocycles. The number of thiazole rings is 2. The molecular formula is C20H17N3OS3. The number of aryl methyl sites for hydroxylation is 2. The van der Waals surface area contributed by atoms with Gasteiger partial charge in [-0.1, -0.05) is 36.4 Å². The van der Waals surface area contributed by atoms with Crippen LogP contribution in [-0.2, 0) is 6.54 Å². The highest BCUT2D eigenvalue weighted by atomic mass is 32.1. The van der Waals surface area contributed by atoms with E-state index in [1.807, 2.05) is 55.6 Å². The molecule has 0 aliphatic rings. The van der Waals surface area contributed by atoms with Crippen LogP contribution in [0.15, 0.2) is 47.8 Å². The summed E-state index contributed by atoms with van der Waals surface area (Å²) >= 11 is 4.74. The molecule has 27 heavy (non-hydrogen) atoms. The quantitative estimate of drug-likeness (QED) is 0.469. The van der Waals surface area contributed by atoms with Gasteiger partial charge in [0.25, 0.3) is 5.91 Å². The van der Waals surface area contributed by atoms with Gasteiger partial charge < -0.3 is 5.32 Å². The van der Waals surface area contributed by atoms with Gasteiger partial charge in [0.15, 0.2) is 0 Å². The van der Waals surface area contributed by atoms with Crippen molar-refractivity contribution in [2.45, 2.75) is 20.4 Å². The fraction of sp³-hybridized carbons (Fsp3) is 0.150. The standard InChI is InChI=1S/C20H17N3OS3/c1-12-16(26-20(22-12)15-9-6-10-25-15)11-21-18(24)17-13(2)23-19(27-17)14-7-4-3-5-8-14/h3-10H,11H2,1-2H3,(H,21,24). The van der Waals surface area contributed by atoms with Crippen molar-refractivity contribution in [2.24, 2.45) is 0 Å². The van der Waals surface area contributed by atoms with Gasteiger partial charge in [0.1, 0.15) is 14.9 Å². The molecular weight excluding hydrogens is 394 g/mol. The van der Waals surface area contributed by atoms with Crippen LogP contribution in [0.1, 0.15) is 25.9 Å². The Kier molecular flexibility index (Phi) is 5.15. The van der Waals surface area contributed by atoms with E-state index in [4.69, 9.17) is 0 Å². The SMILES string of the molecule is Cc1nc(-c2cccs2)sc1CNC(=O)c1sc(-c2ccccc2)nc1C. The highest BCUT2D eigenvalue weighted by molar-refractivity contribution is 7.21. The van der Waals surface area contributed by atoms with Crippen LogP contribution < -0.4 is 5.32 Å². The molecule has 0 spiro atoms. The van der Waals surface area contributed by atoms with Gasteiger partial charge >= 0.3 is 0 Å². The Morgan fingerprint density at radius 1 is 0.963 bits per heavy atom. The summed E-state index contributed by atoms with van der Waals surface area (Å²) < 4.78 is 0. The third kappa shape index (κ3) is 3.85. The first-order valence-corrected chi connectivity index (χ1v) is 10.9. The highest BCUT2D eigenvalue weighted by Gasteiger charge is 2.17. The molecule has 4 aromatic rings. The van der Waals surface area contributed by atoms with E-state index in [2.05, 4.69) is 21.4 Å². The predicted octanol–water partition coefficient (Wildman–Crippen LogP) is 5.54. The molecule has 1 N–H and O–H groups in total. The number of carbonyl (C=O) groups excluding carboxylic acids is 1. The summed E-state index contributed by atoms with van der Waals surface area (Å²) in [5, 5.41) is 6.95. The van der Waals surface area contributed by atoms with E-state index < -0.39 is 0 Å². The second-order valence-electron chi connectivity index (χ2n) is 5.99. The third-order valence-electron chi connectivity index (χ3n) is 4.06. The molecule has 7 heteroatoms. The summed E-state index contributed by atoms with van der Waals surface area (Å²) in [4.78, 5) is 24.8. The van der Waals surface area contributed by atoms with Crippen LogP contribution in [0.3, 0.4) is 0 Å². The highest BCUT2D eigenvalue weighted by Crippen LogP contribution is 2.31. The van der Waals surface area contributed by atoms with Crippen LogP contribution in [0.25, 0.3) is 20.5 Å². The topological polar surface area (TPSA) is 54.9 Å². The normalized spacial score (nSPS) is 10.9. The van der Waals surface area contributed by atoms with Gasteiger partial charge in [0, 0.05) is 10.4 Å². The minimum absolute atomic E-state index is 0.0855. The molecule has 0 saturated carbocycles. The minimum Gasteiger partial charge on any atom is -0.346 e. The zero-order valence-electron chi connectivity index (χ0n) is 14.9. The summed E-state index contributed by atoms with van der Waals surface area (Å²) in [6.07, 6.45) is 0. The fourth-order valence-electron chi connectivity index (χ4n) is 2.65. The summed E-state index contributed by atoms with van der Waals surface area (Å²) in [5.74, 6) is -0.0855. The maximum atomic E-state index is 12.7.